The minimum atomic E-state index is -4.62. The Bertz CT molecular complexity index is 1560. The van der Waals surface area contributed by atoms with Gasteiger partial charge in [-0.15, -0.1) is 0 Å². The Morgan fingerprint density at radius 1 is 1.03 bits per heavy atom. The fourth-order valence-corrected chi connectivity index (χ4v) is 5.82. The molecule has 0 aliphatic carbocycles. The van der Waals surface area contributed by atoms with E-state index in [9.17, 15) is 23.1 Å². The number of alkyl halides is 3. The molecule has 0 radical (unpaired) electrons. The van der Waals surface area contributed by atoms with Crippen molar-refractivity contribution in [3.05, 3.63) is 77.6 Å². The van der Waals surface area contributed by atoms with Gasteiger partial charge in [-0.25, -0.2) is 15.0 Å². The highest BCUT2D eigenvalue weighted by Crippen LogP contribution is 2.39. The summed E-state index contributed by atoms with van der Waals surface area (Å²) in [6.45, 7) is 2.02. The lowest BCUT2D eigenvalue weighted by Gasteiger charge is -2.34. The van der Waals surface area contributed by atoms with Crippen LogP contribution in [0.3, 0.4) is 0 Å². The number of hydrogen-bond acceptors (Lipinski definition) is 6. The van der Waals surface area contributed by atoms with Crippen LogP contribution in [0.25, 0.3) is 16.8 Å². The number of anilines is 1. The van der Waals surface area contributed by atoms with Crippen LogP contribution in [0, 0.1) is 0 Å². The molecular formula is C28H27F3N6O2. The van der Waals surface area contributed by atoms with Crippen molar-refractivity contribution >= 4 is 17.2 Å². The highest BCUT2D eigenvalue weighted by Gasteiger charge is 2.39. The number of rotatable bonds is 4. The minimum Gasteiger partial charge on any atom is -0.382 e. The number of halogens is 3. The predicted molar refractivity (Wildman–Crippen MR) is 137 cm³/mol. The van der Waals surface area contributed by atoms with Crippen LogP contribution in [0.5, 0.6) is 0 Å². The Morgan fingerprint density at radius 3 is 2.51 bits per heavy atom. The lowest BCUT2D eigenvalue weighted by molar-refractivity contribution is -0.141. The second kappa shape index (κ2) is 9.04. The number of aromatic nitrogens is 4. The maximum atomic E-state index is 13.2. The third-order valence-electron chi connectivity index (χ3n) is 7.95. The van der Waals surface area contributed by atoms with Gasteiger partial charge in [0.25, 0.3) is 0 Å². The molecule has 0 saturated carbocycles. The Hall–Kier alpha value is -3.99. The van der Waals surface area contributed by atoms with Crippen molar-refractivity contribution < 1.29 is 23.1 Å². The Morgan fingerprint density at radius 2 is 1.77 bits per heavy atom. The number of amides is 1. The molecule has 202 valence electrons. The average molecular weight is 537 g/mol. The highest BCUT2D eigenvalue weighted by molar-refractivity contribution is 5.85. The zero-order chi connectivity index (χ0) is 27.5. The fraction of sp³-hybridized carbons (Fsp3) is 0.357. The monoisotopic (exact) mass is 536 g/mol. The van der Waals surface area contributed by atoms with Gasteiger partial charge in [-0.05, 0) is 43.9 Å². The van der Waals surface area contributed by atoms with Gasteiger partial charge < -0.3 is 15.7 Å². The zero-order valence-corrected chi connectivity index (χ0v) is 21.2. The standard InChI is InChI=1S/C28H27F3N6O2/c1-27(39,20-3-2-4-21(34-20)28(29,30)31)18-8-5-16(6-9-18)23-24-25(32)33-13-14-36(24)26(35-23)17-7-10-19-11-12-22(38)37(19)15-17/h2-6,8-9,13-14,17,19,39H,7,10-12,15H2,1H3,(H2,32,33)/t17-,19+,27-/m1/s1. The van der Waals surface area contributed by atoms with Crippen LogP contribution >= 0.6 is 0 Å². The van der Waals surface area contributed by atoms with E-state index >= 15 is 0 Å². The first-order chi connectivity index (χ1) is 18.5. The van der Waals surface area contributed by atoms with Crippen molar-refractivity contribution in [2.24, 2.45) is 0 Å². The summed E-state index contributed by atoms with van der Waals surface area (Å²) < 4.78 is 41.5. The first kappa shape index (κ1) is 25.3. The molecule has 0 spiro atoms. The predicted octanol–water partition coefficient (Wildman–Crippen LogP) is 4.52. The second-order valence-electron chi connectivity index (χ2n) is 10.4. The van der Waals surface area contributed by atoms with E-state index in [1.165, 1.54) is 19.1 Å². The van der Waals surface area contributed by atoms with Crippen LogP contribution in [0.15, 0.2) is 54.9 Å². The van der Waals surface area contributed by atoms with Gasteiger partial charge in [0.2, 0.25) is 5.91 Å². The molecule has 0 unspecified atom stereocenters. The molecule has 2 aliphatic rings. The summed E-state index contributed by atoms with van der Waals surface area (Å²) in [7, 11) is 0. The highest BCUT2D eigenvalue weighted by atomic mass is 19.4. The van der Waals surface area contributed by atoms with E-state index in [1.54, 1.807) is 30.5 Å². The van der Waals surface area contributed by atoms with Gasteiger partial charge in [0.1, 0.15) is 34.1 Å². The summed E-state index contributed by atoms with van der Waals surface area (Å²) in [5.74, 6) is 1.33. The molecule has 2 fully saturated rings. The molecule has 3 atom stereocenters. The number of nitrogen functional groups attached to an aromatic ring is 1. The largest absolute Gasteiger partial charge is 0.433 e. The van der Waals surface area contributed by atoms with Gasteiger partial charge in [-0.3, -0.25) is 9.20 Å². The fourth-order valence-electron chi connectivity index (χ4n) is 5.82. The second-order valence-corrected chi connectivity index (χ2v) is 10.4. The van der Waals surface area contributed by atoms with E-state index in [-0.39, 0.29) is 17.5 Å². The van der Waals surface area contributed by atoms with E-state index in [2.05, 4.69) is 9.97 Å². The van der Waals surface area contributed by atoms with Gasteiger partial charge in [-0.1, -0.05) is 30.3 Å². The molecule has 0 bridgehead atoms. The molecule has 2 aliphatic heterocycles. The molecule has 39 heavy (non-hydrogen) atoms. The molecule has 1 aromatic carbocycles. The molecule has 3 aromatic heterocycles. The van der Waals surface area contributed by atoms with Crippen LogP contribution in [-0.2, 0) is 16.6 Å². The molecule has 3 N–H and O–H groups in total. The maximum Gasteiger partial charge on any atom is 0.433 e. The number of aliphatic hydroxyl groups is 1. The third kappa shape index (κ3) is 4.30. The third-order valence-corrected chi connectivity index (χ3v) is 7.95. The Labute approximate surface area is 222 Å². The van der Waals surface area contributed by atoms with E-state index in [0.29, 0.717) is 47.2 Å². The van der Waals surface area contributed by atoms with E-state index < -0.39 is 17.5 Å². The number of nitrogens with two attached hydrogens (primary N) is 1. The number of hydrogen-bond donors (Lipinski definition) is 2. The number of nitrogens with zero attached hydrogens (tertiary/aromatic N) is 5. The first-order valence-corrected chi connectivity index (χ1v) is 12.8. The van der Waals surface area contributed by atoms with E-state index in [0.717, 1.165) is 31.2 Å². The van der Waals surface area contributed by atoms with Crippen molar-refractivity contribution in [2.75, 3.05) is 12.3 Å². The van der Waals surface area contributed by atoms with Crippen molar-refractivity contribution in [3.63, 3.8) is 0 Å². The van der Waals surface area contributed by atoms with E-state index in [4.69, 9.17) is 10.7 Å². The molecular weight excluding hydrogens is 509 g/mol. The number of carbonyl (C=O) groups is 1. The van der Waals surface area contributed by atoms with Gasteiger partial charge in [-0.2, -0.15) is 13.2 Å². The van der Waals surface area contributed by atoms with Crippen LogP contribution < -0.4 is 5.73 Å². The van der Waals surface area contributed by atoms with Gasteiger partial charge in [0, 0.05) is 42.9 Å². The van der Waals surface area contributed by atoms with Gasteiger partial charge >= 0.3 is 6.18 Å². The number of benzene rings is 1. The summed E-state index contributed by atoms with van der Waals surface area (Å²) in [5, 5.41) is 11.2. The van der Waals surface area contributed by atoms with Crippen molar-refractivity contribution in [1.82, 2.24) is 24.3 Å². The lowest BCUT2D eigenvalue weighted by Crippen LogP contribution is -2.41. The van der Waals surface area contributed by atoms with E-state index in [1.807, 2.05) is 15.5 Å². The maximum absolute atomic E-state index is 13.2. The molecule has 8 nitrogen and oxygen atoms in total. The molecule has 2 saturated heterocycles. The Balaban J connectivity index is 1.36. The van der Waals surface area contributed by atoms with Crippen LogP contribution in [0.1, 0.15) is 61.3 Å². The average Bonchev–Trinajstić information content (AvgIpc) is 3.50. The number of imidazole rings is 1. The quantitative estimate of drug-likeness (QED) is 0.397. The Kier molecular flexibility index (Phi) is 5.87. The summed E-state index contributed by atoms with van der Waals surface area (Å²) in [5.41, 5.74) is 5.68. The van der Waals surface area contributed by atoms with Crippen molar-refractivity contribution in [1.29, 1.82) is 0 Å². The number of pyridine rings is 1. The minimum absolute atomic E-state index is 0.0401. The number of piperidine rings is 1. The molecule has 4 aromatic rings. The van der Waals surface area contributed by atoms with Crippen molar-refractivity contribution in [3.8, 4) is 11.3 Å². The van der Waals surface area contributed by atoms with Crippen LogP contribution in [0.2, 0.25) is 0 Å². The first-order valence-electron chi connectivity index (χ1n) is 12.8. The molecule has 11 heteroatoms. The summed E-state index contributed by atoms with van der Waals surface area (Å²) in [6, 6.07) is 10.5. The van der Waals surface area contributed by atoms with Crippen molar-refractivity contribution in [2.45, 2.75) is 56.3 Å². The van der Waals surface area contributed by atoms with Crippen LogP contribution in [0.4, 0.5) is 19.0 Å². The van der Waals surface area contributed by atoms with Gasteiger partial charge in [0.15, 0.2) is 0 Å². The number of fused-ring (bicyclic) bond motifs is 2. The molecule has 6 rings (SSSR count). The normalized spacial score (nSPS) is 21.3. The lowest BCUT2D eigenvalue weighted by atomic mass is 9.91. The summed E-state index contributed by atoms with van der Waals surface area (Å²) >= 11 is 0. The molecule has 5 heterocycles. The SMILES string of the molecule is C[C@@](O)(c1ccc(-c2nc([C@@H]3CC[C@H]4CCC(=O)N4C3)n3ccnc(N)c23)cc1)c1cccc(C(F)(F)F)n1. The summed E-state index contributed by atoms with van der Waals surface area (Å²) in [6.07, 6.45) is 2.14. The topological polar surface area (TPSA) is 110 Å². The molecule has 1 amide bonds. The zero-order valence-electron chi connectivity index (χ0n) is 21.2. The van der Waals surface area contributed by atoms with Gasteiger partial charge in [0.05, 0.1) is 5.69 Å². The summed E-state index contributed by atoms with van der Waals surface area (Å²) in [4.78, 5) is 27.3. The smallest absolute Gasteiger partial charge is 0.382 e. The number of carbonyl (C=O) groups excluding carboxylic acids is 1. The van der Waals surface area contributed by atoms with Crippen LogP contribution in [-0.4, -0.2) is 47.9 Å².